The minimum atomic E-state index is -0.477. The van der Waals surface area contributed by atoms with E-state index in [1.165, 1.54) is 12.1 Å². The third-order valence-corrected chi connectivity index (χ3v) is 5.83. The zero-order valence-electron chi connectivity index (χ0n) is 16.3. The molecule has 162 valence electrons. The van der Waals surface area contributed by atoms with Crippen LogP contribution in [0.3, 0.4) is 0 Å². The van der Waals surface area contributed by atoms with Crippen molar-refractivity contribution in [3.05, 3.63) is 56.7 Å². The zero-order valence-corrected chi connectivity index (χ0v) is 17.8. The van der Waals surface area contributed by atoms with E-state index >= 15 is 0 Å². The van der Waals surface area contributed by atoms with E-state index in [1.807, 2.05) is 6.07 Å². The number of nitriles is 1. The first-order chi connectivity index (χ1) is 14.4. The van der Waals surface area contributed by atoms with E-state index < -0.39 is 5.43 Å². The minimum absolute atomic E-state index is 0. The lowest BCUT2D eigenvalue weighted by Gasteiger charge is -2.21. The molecule has 4 N–H and O–H groups in total. The second-order valence-electron chi connectivity index (χ2n) is 7.28. The van der Waals surface area contributed by atoms with Crippen molar-refractivity contribution in [2.45, 2.75) is 24.8 Å². The molecule has 0 bridgehead atoms. The summed E-state index contributed by atoms with van der Waals surface area (Å²) in [5, 5.41) is 42.9. The molecule has 0 radical (unpaired) electrons. The van der Waals surface area contributed by atoms with Crippen LogP contribution in [0.5, 0.6) is 11.5 Å². The topological polar surface area (TPSA) is 127 Å². The Balaban J connectivity index is 0.00000272. The van der Waals surface area contributed by atoms with Gasteiger partial charge in [-0.25, -0.2) is 0 Å². The summed E-state index contributed by atoms with van der Waals surface area (Å²) in [5.41, 5.74) is 0.809. The van der Waals surface area contributed by atoms with E-state index in [-0.39, 0.29) is 64.2 Å². The molecule has 0 aliphatic carbocycles. The van der Waals surface area contributed by atoms with Crippen molar-refractivity contribution < 1.29 is 19.7 Å². The summed E-state index contributed by atoms with van der Waals surface area (Å²) < 4.78 is 6.04. The van der Waals surface area contributed by atoms with Crippen LogP contribution in [0, 0.1) is 11.3 Å². The van der Waals surface area contributed by atoms with Gasteiger partial charge >= 0.3 is 0 Å². The highest BCUT2D eigenvalue weighted by Crippen LogP contribution is 2.43. The Morgan fingerprint density at radius 3 is 2.68 bits per heavy atom. The third-order valence-electron chi connectivity index (χ3n) is 5.52. The maximum atomic E-state index is 12.9. The largest absolute Gasteiger partial charge is 0.507 e. The monoisotopic (exact) mass is 462 g/mol. The molecule has 9 heteroatoms. The van der Waals surface area contributed by atoms with Crippen molar-refractivity contribution in [1.82, 2.24) is 5.32 Å². The Hall–Kier alpha value is -2.76. The van der Waals surface area contributed by atoms with Gasteiger partial charge in [0.1, 0.15) is 28.2 Å². The second-order valence-corrected chi connectivity index (χ2v) is 7.69. The summed E-state index contributed by atoms with van der Waals surface area (Å²) in [6.45, 7) is 0.656. The summed E-state index contributed by atoms with van der Waals surface area (Å²) in [6, 6.07) is 8.88. The number of phenols is 2. The number of phenolic OH excluding ortho intramolecular Hbond substituents is 2. The number of rotatable bonds is 4. The summed E-state index contributed by atoms with van der Waals surface area (Å²) in [6.07, 6.45) is 1.14. The van der Waals surface area contributed by atoms with Gasteiger partial charge in [-0.3, -0.25) is 4.79 Å². The molecule has 4 rings (SSSR count). The average molecular weight is 463 g/mol. The van der Waals surface area contributed by atoms with Crippen molar-refractivity contribution in [1.29, 1.82) is 5.26 Å². The molecule has 0 spiro atoms. The van der Waals surface area contributed by atoms with Gasteiger partial charge in [-0.05, 0) is 37.6 Å². The number of fused-ring (bicyclic) bond motifs is 1. The van der Waals surface area contributed by atoms with Crippen LogP contribution < -0.4 is 10.7 Å². The molecule has 0 amide bonds. The Bertz CT molecular complexity index is 1240. The van der Waals surface area contributed by atoms with Crippen LogP contribution >= 0.6 is 24.0 Å². The number of hydrogen-bond acceptors (Lipinski definition) is 7. The lowest BCUT2D eigenvalue weighted by Crippen LogP contribution is -2.27. The molecule has 0 saturated carbocycles. The number of aliphatic hydroxyl groups excluding tert-OH is 1. The molecule has 1 saturated heterocycles. The van der Waals surface area contributed by atoms with E-state index in [0.29, 0.717) is 36.1 Å². The van der Waals surface area contributed by atoms with Crippen LogP contribution in [0.2, 0.25) is 5.02 Å². The fourth-order valence-corrected chi connectivity index (χ4v) is 4.43. The first-order valence-corrected chi connectivity index (χ1v) is 9.89. The van der Waals surface area contributed by atoms with E-state index in [2.05, 4.69) is 5.32 Å². The number of halogens is 2. The van der Waals surface area contributed by atoms with Gasteiger partial charge in [0, 0.05) is 41.8 Å². The van der Waals surface area contributed by atoms with Crippen LogP contribution in [0.1, 0.15) is 29.9 Å². The van der Waals surface area contributed by atoms with E-state index in [4.69, 9.17) is 21.3 Å². The number of aromatic hydroxyl groups is 2. The van der Waals surface area contributed by atoms with Gasteiger partial charge in [-0.15, -0.1) is 12.4 Å². The molecule has 1 fully saturated rings. The molecular weight excluding hydrogens is 443 g/mol. The highest BCUT2D eigenvalue weighted by atomic mass is 35.5. The Labute approximate surface area is 188 Å². The maximum Gasteiger partial charge on any atom is 0.197 e. The average Bonchev–Trinajstić information content (AvgIpc) is 3.15. The van der Waals surface area contributed by atoms with E-state index in [0.717, 1.165) is 6.07 Å². The molecule has 2 atom stereocenters. The molecule has 2 unspecified atom stereocenters. The molecular formula is C22H20Cl2N2O5. The fraction of sp³-hybridized carbons (Fsp3) is 0.273. The van der Waals surface area contributed by atoms with Crippen molar-refractivity contribution in [2.75, 3.05) is 13.2 Å². The van der Waals surface area contributed by atoms with Crippen molar-refractivity contribution in [2.24, 2.45) is 0 Å². The van der Waals surface area contributed by atoms with E-state index in [1.54, 1.807) is 12.1 Å². The lowest BCUT2D eigenvalue weighted by molar-refractivity contribution is 0.265. The lowest BCUT2D eigenvalue weighted by atomic mass is 9.88. The Morgan fingerprint density at radius 1 is 1.23 bits per heavy atom. The van der Waals surface area contributed by atoms with Gasteiger partial charge in [-0.1, -0.05) is 11.6 Å². The number of hydrogen-bond donors (Lipinski definition) is 4. The van der Waals surface area contributed by atoms with Gasteiger partial charge in [-0.2, -0.15) is 5.26 Å². The van der Waals surface area contributed by atoms with Crippen molar-refractivity contribution >= 4 is 35.0 Å². The molecule has 1 aliphatic rings. The third kappa shape index (κ3) is 4.08. The molecule has 3 aromatic rings. The highest BCUT2D eigenvalue weighted by Gasteiger charge is 2.33. The van der Waals surface area contributed by atoms with Crippen LogP contribution in [0.25, 0.3) is 22.3 Å². The molecule has 7 nitrogen and oxygen atoms in total. The number of nitrogens with one attached hydrogen (secondary N) is 1. The zero-order chi connectivity index (χ0) is 21.4. The molecule has 2 heterocycles. The van der Waals surface area contributed by atoms with Crippen LogP contribution in [0.4, 0.5) is 0 Å². The van der Waals surface area contributed by atoms with Crippen LogP contribution in [-0.2, 0) is 0 Å². The molecule has 1 aliphatic heterocycles. The van der Waals surface area contributed by atoms with E-state index in [9.17, 15) is 20.1 Å². The standard InChI is InChI=1S/C22H19ClN2O5.ClH/c23-14-7-11(10-24)1-2-12(14)19-9-18(29)21-17(28)8-16(27)20(22(21)30-19)13-3-5-25-15(13)4-6-26;/h1-2,7-9,13,15,25-28H,3-6H2;1H. The first-order valence-electron chi connectivity index (χ1n) is 9.51. The normalized spacial score (nSPS) is 18.0. The molecule has 2 aromatic carbocycles. The summed E-state index contributed by atoms with van der Waals surface area (Å²) >= 11 is 6.29. The van der Waals surface area contributed by atoms with Gasteiger partial charge < -0.3 is 25.1 Å². The van der Waals surface area contributed by atoms with Crippen LogP contribution in [0.15, 0.2) is 39.5 Å². The molecule has 31 heavy (non-hydrogen) atoms. The SMILES string of the molecule is Cl.N#Cc1ccc(-c2cc(=O)c3c(O)cc(O)c(C4CCNC4CCO)c3o2)c(Cl)c1. The Kier molecular flexibility index (Phi) is 6.77. The minimum Gasteiger partial charge on any atom is -0.507 e. The predicted octanol–water partition coefficient (Wildman–Crippen LogP) is 3.65. The number of nitrogens with zero attached hydrogens (tertiary/aromatic N) is 1. The van der Waals surface area contributed by atoms with Gasteiger partial charge in [0.15, 0.2) is 5.43 Å². The fourth-order valence-electron chi connectivity index (χ4n) is 4.15. The summed E-state index contributed by atoms with van der Waals surface area (Å²) in [7, 11) is 0. The highest BCUT2D eigenvalue weighted by molar-refractivity contribution is 6.33. The van der Waals surface area contributed by atoms with Gasteiger partial charge in [0.2, 0.25) is 0 Å². The predicted molar refractivity (Wildman–Crippen MR) is 119 cm³/mol. The van der Waals surface area contributed by atoms with Gasteiger partial charge in [0.25, 0.3) is 0 Å². The first kappa shape index (κ1) is 22.9. The maximum absolute atomic E-state index is 12.9. The van der Waals surface area contributed by atoms with Crippen molar-refractivity contribution in [3.8, 4) is 28.9 Å². The van der Waals surface area contributed by atoms with Crippen molar-refractivity contribution in [3.63, 3.8) is 0 Å². The van der Waals surface area contributed by atoms with Crippen LogP contribution in [-0.4, -0.2) is 34.5 Å². The summed E-state index contributed by atoms with van der Waals surface area (Å²) in [4.78, 5) is 12.9. The van der Waals surface area contributed by atoms with Gasteiger partial charge in [0.05, 0.1) is 16.7 Å². The number of benzene rings is 2. The Morgan fingerprint density at radius 2 is 2.00 bits per heavy atom. The smallest absolute Gasteiger partial charge is 0.197 e. The quantitative estimate of drug-likeness (QED) is 0.465. The number of aliphatic hydroxyl groups is 1. The summed E-state index contributed by atoms with van der Waals surface area (Å²) in [5.74, 6) is -0.599. The molecule has 1 aromatic heterocycles. The second kappa shape index (κ2) is 9.16.